The molecule has 1 nitrogen and oxygen atoms in total. The van der Waals surface area contributed by atoms with Gasteiger partial charge in [0.25, 0.3) is 0 Å². The third kappa shape index (κ3) is 4.27. The fourth-order valence-corrected chi connectivity index (χ4v) is 2.38. The number of benzene rings is 1. The van der Waals surface area contributed by atoms with Gasteiger partial charge in [0, 0.05) is 16.2 Å². The molecule has 0 aliphatic rings. The minimum atomic E-state index is 0.202. The van der Waals surface area contributed by atoms with Crippen LogP contribution in [0.3, 0.4) is 0 Å². The second-order valence-corrected chi connectivity index (χ2v) is 5.78. The lowest BCUT2D eigenvalue weighted by molar-refractivity contribution is 0.638. The zero-order valence-corrected chi connectivity index (χ0v) is 10.7. The van der Waals surface area contributed by atoms with Gasteiger partial charge in [-0.2, -0.15) is 0 Å². The third-order valence-electron chi connectivity index (χ3n) is 2.28. The molecule has 0 spiro atoms. The lowest BCUT2D eigenvalue weighted by Crippen LogP contribution is -2.09. The molecule has 1 unspecified atom stereocenters. The van der Waals surface area contributed by atoms with E-state index in [-0.39, 0.29) is 6.04 Å². The van der Waals surface area contributed by atoms with Gasteiger partial charge in [-0.1, -0.05) is 39.3 Å². The molecule has 1 atom stereocenters. The van der Waals surface area contributed by atoms with Gasteiger partial charge in [0.2, 0.25) is 0 Å². The molecule has 0 fully saturated rings. The maximum absolute atomic E-state index is 6.05. The molecule has 0 radical (unpaired) electrons. The van der Waals surface area contributed by atoms with E-state index in [0.29, 0.717) is 5.25 Å². The highest BCUT2D eigenvalue weighted by atomic mass is 32.2. The van der Waals surface area contributed by atoms with Crippen LogP contribution in [0.2, 0.25) is 0 Å². The van der Waals surface area contributed by atoms with E-state index in [1.807, 2.05) is 11.8 Å². The summed E-state index contributed by atoms with van der Waals surface area (Å²) in [6.45, 7) is 6.59. The van der Waals surface area contributed by atoms with Gasteiger partial charge in [-0.3, -0.25) is 0 Å². The normalized spacial score (nSPS) is 13.1. The molecule has 0 amide bonds. The number of thioether (sulfide) groups is 1. The van der Waals surface area contributed by atoms with Gasteiger partial charge >= 0.3 is 0 Å². The first kappa shape index (κ1) is 12.6. The van der Waals surface area contributed by atoms with Crippen LogP contribution in [0.5, 0.6) is 0 Å². The van der Waals surface area contributed by atoms with Crippen LogP contribution in [0.1, 0.15) is 45.2 Å². The molecule has 0 saturated heterocycles. The summed E-state index contributed by atoms with van der Waals surface area (Å²) in [5.74, 6) is 0. The Morgan fingerprint density at radius 1 is 1.20 bits per heavy atom. The predicted molar refractivity (Wildman–Crippen MR) is 69.3 cm³/mol. The highest BCUT2D eigenvalue weighted by Gasteiger charge is 2.04. The smallest absolute Gasteiger partial charge is 0.0294 e. The van der Waals surface area contributed by atoms with E-state index in [0.717, 1.165) is 12.8 Å². The molecular formula is C13H21NS. The zero-order chi connectivity index (χ0) is 11.3. The number of hydrogen-bond acceptors (Lipinski definition) is 2. The summed E-state index contributed by atoms with van der Waals surface area (Å²) in [4.78, 5) is 1.33. The van der Waals surface area contributed by atoms with Gasteiger partial charge in [-0.25, -0.2) is 0 Å². The average molecular weight is 223 g/mol. The monoisotopic (exact) mass is 223 g/mol. The number of nitrogens with two attached hydrogens (primary N) is 1. The van der Waals surface area contributed by atoms with Crippen LogP contribution in [0.15, 0.2) is 29.2 Å². The maximum Gasteiger partial charge on any atom is 0.0294 e. The van der Waals surface area contributed by atoms with Crippen LogP contribution in [0, 0.1) is 0 Å². The molecule has 84 valence electrons. The predicted octanol–water partition coefficient (Wildman–Crippen LogP) is 3.99. The van der Waals surface area contributed by atoms with E-state index < -0.39 is 0 Å². The standard InChI is InChI=1S/C13H21NS/c1-4-5-13(14)11-6-8-12(9-7-11)15-10(2)3/h6-10,13H,4-5,14H2,1-3H3. The van der Waals surface area contributed by atoms with Crippen molar-refractivity contribution in [3.8, 4) is 0 Å². The molecule has 0 aliphatic carbocycles. The number of hydrogen-bond donors (Lipinski definition) is 1. The topological polar surface area (TPSA) is 26.0 Å². The van der Waals surface area contributed by atoms with E-state index in [4.69, 9.17) is 5.73 Å². The summed E-state index contributed by atoms with van der Waals surface area (Å²) in [7, 11) is 0. The summed E-state index contributed by atoms with van der Waals surface area (Å²) in [6.07, 6.45) is 2.21. The quantitative estimate of drug-likeness (QED) is 0.764. The fraction of sp³-hybridized carbons (Fsp3) is 0.538. The van der Waals surface area contributed by atoms with Crippen molar-refractivity contribution in [2.75, 3.05) is 0 Å². The van der Waals surface area contributed by atoms with Crippen LogP contribution in [0.25, 0.3) is 0 Å². The SMILES string of the molecule is CCCC(N)c1ccc(SC(C)C)cc1. The van der Waals surface area contributed by atoms with Crippen molar-refractivity contribution in [3.63, 3.8) is 0 Å². The van der Waals surface area contributed by atoms with Crippen LogP contribution >= 0.6 is 11.8 Å². The van der Waals surface area contributed by atoms with Gasteiger partial charge < -0.3 is 5.73 Å². The number of rotatable bonds is 5. The Kier molecular flexibility index (Phi) is 5.20. The molecule has 0 aromatic heterocycles. The third-order valence-corrected chi connectivity index (χ3v) is 3.30. The Morgan fingerprint density at radius 2 is 1.80 bits per heavy atom. The van der Waals surface area contributed by atoms with E-state index >= 15 is 0 Å². The average Bonchev–Trinajstić information content (AvgIpc) is 2.18. The lowest BCUT2D eigenvalue weighted by Gasteiger charge is -2.11. The minimum absolute atomic E-state index is 0.202. The molecular weight excluding hydrogens is 202 g/mol. The van der Waals surface area contributed by atoms with E-state index in [1.165, 1.54) is 10.5 Å². The Labute approximate surface area is 97.4 Å². The molecule has 1 rings (SSSR count). The molecule has 0 bridgehead atoms. The Bertz CT molecular complexity index is 279. The van der Waals surface area contributed by atoms with Crippen LogP contribution < -0.4 is 5.73 Å². The van der Waals surface area contributed by atoms with Crippen LogP contribution in [-0.4, -0.2) is 5.25 Å². The first-order chi connectivity index (χ1) is 7.13. The summed E-state index contributed by atoms with van der Waals surface area (Å²) < 4.78 is 0. The maximum atomic E-state index is 6.05. The van der Waals surface area contributed by atoms with Gasteiger partial charge in [0.15, 0.2) is 0 Å². The van der Waals surface area contributed by atoms with Crippen molar-refractivity contribution in [3.05, 3.63) is 29.8 Å². The molecule has 2 heteroatoms. The Morgan fingerprint density at radius 3 is 2.27 bits per heavy atom. The largest absolute Gasteiger partial charge is 0.324 e. The molecule has 1 aromatic rings. The van der Waals surface area contributed by atoms with Crippen LogP contribution in [-0.2, 0) is 0 Å². The summed E-state index contributed by atoms with van der Waals surface area (Å²) in [5, 5.41) is 0.639. The van der Waals surface area contributed by atoms with E-state index in [2.05, 4.69) is 45.0 Å². The van der Waals surface area contributed by atoms with Crippen molar-refractivity contribution in [1.82, 2.24) is 0 Å². The second kappa shape index (κ2) is 6.19. The molecule has 0 aliphatic heterocycles. The summed E-state index contributed by atoms with van der Waals surface area (Å²) in [5.41, 5.74) is 7.30. The van der Waals surface area contributed by atoms with Crippen LogP contribution in [0.4, 0.5) is 0 Å². The highest BCUT2D eigenvalue weighted by molar-refractivity contribution is 7.99. The lowest BCUT2D eigenvalue weighted by atomic mass is 10.0. The Balaban J connectivity index is 2.63. The summed E-state index contributed by atoms with van der Waals surface area (Å²) in [6, 6.07) is 8.87. The summed E-state index contributed by atoms with van der Waals surface area (Å²) >= 11 is 1.89. The molecule has 1 aromatic carbocycles. The van der Waals surface area contributed by atoms with Crippen molar-refractivity contribution >= 4 is 11.8 Å². The molecule has 2 N–H and O–H groups in total. The fourth-order valence-electron chi connectivity index (χ4n) is 1.54. The van der Waals surface area contributed by atoms with Crippen molar-refractivity contribution in [2.24, 2.45) is 5.73 Å². The van der Waals surface area contributed by atoms with Crippen molar-refractivity contribution in [2.45, 2.75) is 49.8 Å². The van der Waals surface area contributed by atoms with Gasteiger partial charge in [0.05, 0.1) is 0 Å². The zero-order valence-electron chi connectivity index (χ0n) is 9.86. The highest BCUT2D eigenvalue weighted by Crippen LogP contribution is 2.24. The van der Waals surface area contributed by atoms with Gasteiger partial charge in [-0.05, 0) is 24.1 Å². The molecule has 0 saturated carbocycles. The molecule has 15 heavy (non-hydrogen) atoms. The Hall–Kier alpha value is -0.470. The van der Waals surface area contributed by atoms with E-state index in [1.54, 1.807) is 0 Å². The van der Waals surface area contributed by atoms with Gasteiger partial charge in [-0.15, -0.1) is 11.8 Å². The van der Waals surface area contributed by atoms with Crippen molar-refractivity contribution in [1.29, 1.82) is 0 Å². The molecule has 0 heterocycles. The van der Waals surface area contributed by atoms with E-state index in [9.17, 15) is 0 Å². The van der Waals surface area contributed by atoms with Crippen molar-refractivity contribution < 1.29 is 0 Å². The first-order valence-corrected chi connectivity index (χ1v) is 6.53. The second-order valence-electron chi connectivity index (χ2n) is 4.13. The van der Waals surface area contributed by atoms with Gasteiger partial charge in [0.1, 0.15) is 0 Å². The minimum Gasteiger partial charge on any atom is -0.324 e. The first-order valence-electron chi connectivity index (χ1n) is 5.65.